The third kappa shape index (κ3) is 5.45. The number of nitrogens with zero attached hydrogens (tertiary/aromatic N) is 1. The molecular formula is C16H24N2O3. The van der Waals surface area contributed by atoms with E-state index in [1.807, 2.05) is 32.9 Å². The first-order valence-electron chi connectivity index (χ1n) is 7.26. The van der Waals surface area contributed by atoms with E-state index < -0.39 is 0 Å². The summed E-state index contributed by atoms with van der Waals surface area (Å²) in [6.07, 6.45) is 0.854. The Balaban J connectivity index is 2.95. The number of nitrogens with one attached hydrogen (secondary N) is 1. The van der Waals surface area contributed by atoms with Crippen LogP contribution in [0.25, 0.3) is 0 Å². The normalized spacial score (nSPS) is 10.3. The van der Waals surface area contributed by atoms with Crippen LogP contribution in [0.4, 0.5) is 5.69 Å². The SMILES string of the molecule is CCCNC(=O)CN(C(C)=O)c1ccccc1OC(C)C. The molecule has 0 aliphatic carbocycles. The second-order valence-corrected chi connectivity index (χ2v) is 5.09. The van der Waals surface area contributed by atoms with E-state index in [2.05, 4.69) is 5.32 Å². The summed E-state index contributed by atoms with van der Waals surface area (Å²) in [5.74, 6) is 0.235. The van der Waals surface area contributed by atoms with Gasteiger partial charge in [0.1, 0.15) is 12.3 Å². The van der Waals surface area contributed by atoms with Crippen LogP contribution in [0.15, 0.2) is 24.3 Å². The fraction of sp³-hybridized carbons (Fsp3) is 0.500. The van der Waals surface area contributed by atoms with Gasteiger partial charge < -0.3 is 10.1 Å². The molecule has 0 radical (unpaired) electrons. The van der Waals surface area contributed by atoms with E-state index in [9.17, 15) is 9.59 Å². The summed E-state index contributed by atoms with van der Waals surface area (Å²) in [5.41, 5.74) is 0.616. The number of rotatable bonds is 7. The molecule has 2 amide bonds. The fourth-order valence-corrected chi connectivity index (χ4v) is 1.86. The zero-order valence-corrected chi connectivity index (χ0v) is 13.2. The van der Waals surface area contributed by atoms with E-state index in [0.717, 1.165) is 6.42 Å². The van der Waals surface area contributed by atoms with Crippen molar-refractivity contribution in [1.82, 2.24) is 5.32 Å². The summed E-state index contributed by atoms with van der Waals surface area (Å²) in [4.78, 5) is 25.2. The smallest absolute Gasteiger partial charge is 0.240 e. The van der Waals surface area contributed by atoms with Crippen LogP contribution < -0.4 is 15.0 Å². The van der Waals surface area contributed by atoms with Crippen LogP contribution in [0, 0.1) is 0 Å². The molecule has 116 valence electrons. The van der Waals surface area contributed by atoms with Crippen LogP contribution in [-0.4, -0.2) is 31.0 Å². The first-order valence-corrected chi connectivity index (χ1v) is 7.26. The van der Waals surface area contributed by atoms with Crippen molar-refractivity contribution in [2.75, 3.05) is 18.0 Å². The average Bonchev–Trinajstić information content (AvgIpc) is 2.42. The van der Waals surface area contributed by atoms with Gasteiger partial charge in [-0.1, -0.05) is 19.1 Å². The van der Waals surface area contributed by atoms with Gasteiger partial charge in [0.25, 0.3) is 0 Å². The van der Waals surface area contributed by atoms with E-state index in [1.165, 1.54) is 11.8 Å². The number of benzene rings is 1. The third-order valence-corrected chi connectivity index (χ3v) is 2.77. The van der Waals surface area contributed by atoms with Crippen molar-refractivity contribution in [3.63, 3.8) is 0 Å². The molecule has 1 rings (SSSR count). The maximum atomic E-state index is 11.9. The van der Waals surface area contributed by atoms with Gasteiger partial charge in [-0.2, -0.15) is 0 Å². The highest BCUT2D eigenvalue weighted by Gasteiger charge is 2.19. The number of hydrogen-bond donors (Lipinski definition) is 1. The molecule has 0 atom stereocenters. The number of ether oxygens (including phenoxy) is 1. The predicted molar refractivity (Wildman–Crippen MR) is 83.5 cm³/mol. The van der Waals surface area contributed by atoms with Crippen LogP contribution in [0.5, 0.6) is 5.75 Å². The second-order valence-electron chi connectivity index (χ2n) is 5.09. The summed E-state index contributed by atoms with van der Waals surface area (Å²) >= 11 is 0. The molecule has 0 unspecified atom stereocenters. The molecule has 0 heterocycles. The molecule has 0 saturated heterocycles. The van der Waals surface area contributed by atoms with Crippen molar-refractivity contribution >= 4 is 17.5 Å². The van der Waals surface area contributed by atoms with E-state index in [4.69, 9.17) is 4.74 Å². The Kier molecular flexibility index (Phi) is 6.72. The Morgan fingerprint density at radius 1 is 1.29 bits per heavy atom. The van der Waals surface area contributed by atoms with Crippen molar-refractivity contribution in [2.24, 2.45) is 0 Å². The largest absolute Gasteiger partial charge is 0.489 e. The molecule has 1 aromatic carbocycles. The van der Waals surface area contributed by atoms with E-state index >= 15 is 0 Å². The molecule has 5 heteroatoms. The lowest BCUT2D eigenvalue weighted by molar-refractivity contribution is -0.123. The summed E-state index contributed by atoms with van der Waals surface area (Å²) < 4.78 is 5.71. The number of carbonyl (C=O) groups excluding carboxylic acids is 2. The summed E-state index contributed by atoms with van der Waals surface area (Å²) in [7, 11) is 0. The van der Waals surface area contributed by atoms with Crippen LogP contribution in [0.3, 0.4) is 0 Å². The van der Waals surface area contributed by atoms with Gasteiger partial charge in [-0.15, -0.1) is 0 Å². The maximum Gasteiger partial charge on any atom is 0.240 e. The van der Waals surface area contributed by atoms with Gasteiger partial charge in [0.05, 0.1) is 11.8 Å². The molecular weight excluding hydrogens is 268 g/mol. The molecule has 0 saturated carbocycles. The first-order chi connectivity index (χ1) is 9.95. The number of hydrogen-bond acceptors (Lipinski definition) is 3. The van der Waals surface area contributed by atoms with E-state index in [0.29, 0.717) is 18.0 Å². The van der Waals surface area contributed by atoms with Gasteiger partial charge in [-0.3, -0.25) is 14.5 Å². The van der Waals surface area contributed by atoms with Crippen LogP contribution in [-0.2, 0) is 9.59 Å². The Labute approximate surface area is 126 Å². The minimum absolute atomic E-state index is 0.00567. The number of amides is 2. The van der Waals surface area contributed by atoms with Crippen molar-refractivity contribution in [3.05, 3.63) is 24.3 Å². The lowest BCUT2D eigenvalue weighted by Crippen LogP contribution is -2.40. The molecule has 0 bridgehead atoms. The molecule has 5 nitrogen and oxygen atoms in total. The number of para-hydroxylation sites is 2. The van der Waals surface area contributed by atoms with Crippen LogP contribution in [0.2, 0.25) is 0 Å². The summed E-state index contributed by atoms with van der Waals surface area (Å²) in [6, 6.07) is 7.25. The average molecular weight is 292 g/mol. The maximum absolute atomic E-state index is 11.9. The van der Waals surface area contributed by atoms with Gasteiger partial charge in [-0.05, 0) is 32.4 Å². The zero-order chi connectivity index (χ0) is 15.8. The van der Waals surface area contributed by atoms with Gasteiger partial charge >= 0.3 is 0 Å². The highest BCUT2D eigenvalue weighted by molar-refractivity contribution is 5.98. The predicted octanol–water partition coefficient (Wildman–Crippen LogP) is 2.35. The van der Waals surface area contributed by atoms with Gasteiger partial charge in [0.15, 0.2) is 0 Å². The summed E-state index contributed by atoms with van der Waals surface area (Å²) in [6.45, 7) is 7.86. The molecule has 0 aromatic heterocycles. The molecule has 21 heavy (non-hydrogen) atoms. The molecule has 0 spiro atoms. The molecule has 0 fully saturated rings. The molecule has 0 aliphatic heterocycles. The van der Waals surface area contributed by atoms with E-state index in [-0.39, 0.29) is 24.5 Å². The van der Waals surface area contributed by atoms with Gasteiger partial charge in [0, 0.05) is 13.5 Å². The quantitative estimate of drug-likeness (QED) is 0.839. The lowest BCUT2D eigenvalue weighted by atomic mass is 10.2. The monoisotopic (exact) mass is 292 g/mol. The van der Waals surface area contributed by atoms with Gasteiger partial charge in [0.2, 0.25) is 11.8 Å². The van der Waals surface area contributed by atoms with Crippen molar-refractivity contribution in [3.8, 4) is 5.75 Å². The second kappa shape index (κ2) is 8.29. The molecule has 0 aliphatic rings. The Morgan fingerprint density at radius 3 is 2.52 bits per heavy atom. The van der Waals surface area contributed by atoms with Crippen molar-refractivity contribution in [2.45, 2.75) is 40.2 Å². The first kappa shape index (κ1) is 17.0. The van der Waals surface area contributed by atoms with E-state index in [1.54, 1.807) is 12.1 Å². The van der Waals surface area contributed by atoms with Gasteiger partial charge in [-0.25, -0.2) is 0 Å². The highest BCUT2D eigenvalue weighted by Crippen LogP contribution is 2.28. The molecule has 1 N–H and O–H groups in total. The fourth-order valence-electron chi connectivity index (χ4n) is 1.86. The van der Waals surface area contributed by atoms with Crippen LogP contribution >= 0.6 is 0 Å². The third-order valence-electron chi connectivity index (χ3n) is 2.77. The van der Waals surface area contributed by atoms with Crippen molar-refractivity contribution in [1.29, 1.82) is 0 Å². The zero-order valence-electron chi connectivity index (χ0n) is 13.2. The lowest BCUT2D eigenvalue weighted by Gasteiger charge is -2.24. The minimum atomic E-state index is -0.193. The number of carbonyl (C=O) groups is 2. The Hall–Kier alpha value is -2.04. The Bertz CT molecular complexity index is 486. The van der Waals surface area contributed by atoms with Crippen molar-refractivity contribution < 1.29 is 14.3 Å². The molecule has 1 aromatic rings. The summed E-state index contributed by atoms with van der Waals surface area (Å²) in [5, 5.41) is 2.77. The minimum Gasteiger partial charge on any atom is -0.489 e. The topological polar surface area (TPSA) is 58.6 Å². The number of anilines is 1. The standard InChI is InChI=1S/C16H24N2O3/c1-5-10-17-16(20)11-18(13(4)19)14-8-6-7-9-15(14)21-12(2)3/h6-9,12H,5,10-11H2,1-4H3,(H,17,20). The Morgan fingerprint density at radius 2 is 1.95 bits per heavy atom. The highest BCUT2D eigenvalue weighted by atomic mass is 16.5. The van der Waals surface area contributed by atoms with Crippen LogP contribution in [0.1, 0.15) is 34.1 Å².